The number of hydrogen-bond acceptors (Lipinski definition) is 4. The Labute approximate surface area is 126 Å². The van der Waals surface area contributed by atoms with Crippen LogP contribution < -0.4 is 15.4 Å². The van der Waals surface area contributed by atoms with Gasteiger partial charge < -0.3 is 20.1 Å². The molecule has 0 aliphatic carbocycles. The molecule has 1 saturated heterocycles. The molecule has 1 aliphatic heterocycles. The average molecular weight is 292 g/mol. The van der Waals surface area contributed by atoms with Gasteiger partial charge in [0.2, 0.25) is 5.91 Å². The molecule has 5 nitrogen and oxygen atoms in total. The van der Waals surface area contributed by atoms with Gasteiger partial charge in [-0.25, -0.2) is 0 Å². The van der Waals surface area contributed by atoms with Crippen molar-refractivity contribution in [3.63, 3.8) is 0 Å². The van der Waals surface area contributed by atoms with Crippen LogP contribution in [0.3, 0.4) is 0 Å². The molecule has 0 saturated carbocycles. The molecule has 0 radical (unpaired) electrons. The highest BCUT2D eigenvalue weighted by Gasteiger charge is 2.13. The minimum absolute atomic E-state index is 0.0275. The van der Waals surface area contributed by atoms with Gasteiger partial charge in [0.25, 0.3) is 0 Å². The van der Waals surface area contributed by atoms with E-state index < -0.39 is 0 Å². The number of rotatable bonds is 7. The molecule has 0 bridgehead atoms. The quantitative estimate of drug-likeness (QED) is 0.799. The van der Waals surface area contributed by atoms with E-state index in [1.165, 1.54) is 0 Å². The van der Waals surface area contributed by atoms with Gasteiger partial charge in [-0.15, -0.1) is 0 Å². The normalized spacial score (nSPS) is 15.7. The third-order valence-corrected chi connectivity index (χ3v) is 3.62. The molecule has 0 unspecified atom stereocenters. The molecule has 1 heterocycles. The summed E-state index contributed by atoms with van der Waals surface area (Å²) in [5, 5.41) is 6.19. The average Bonchev–Trinajstić information content (AvgIpc) is 2.54. The summed E-state index contributed by atoms with van der Waals surface area (Å²) in [6.07, 6.45) is 2.79. The second-order valence-electron chi connectivity index (χ2n) is 5.19. The number of piperidine rings is 1. The van der Waals surface area contributed by atoms with Gasteiger partial charge >= 0.3 is 0 Å². The van der Waals surface area contributed by atoms with Gasteiger partial charge in [0.1, 0.15) is 5.75 Å². The van der Waals surface area contributed by atoms with Crippen LogP contribution in [0, 0.1) is 0 Å². The first-order valence-corrected chi connectivity index (χ1v) is 7.50. The van der Waals surface area contributed by atoms with Crippen LogP contribution in [0.1, 0.15) is 24.8 Å². The van der Waals surface area contributed by atoms with Crippen molar-refractivity contribution in [2.75, 3.05) is 26.8 Å². The van der Waals surface area contributed by atoms with Crippen molar-refractivity contribution < 1.29 is 14.3 Å². The summed E-state index contributed by atoms with van der Waals surface area (Å²) in [4.78, 5) is 11.8. The zero-order chi connectivity index (χ0) is 14.9. The molecule has 0 atom stereocenters. The van der Waals surface area contributed by atoms with E-state index in [4.69, 9.17) is 9.47 Å². The number of methoxy groups -OCH3 is 1. The molecule has 5 heteroatoms. The molecule has 21 heavy (non-hydrogen) atoms. The molecule has 2 N–H and O–H groups in total. The second kappa shape index (κ2) is 8.64. The van der Waals surface area contributed by atoms with Crippen molar-refractivity contribution in [3.8, 4) is 5.75 Å². The summed E-state index contributed by atoms with van der Waals surface area (Å²) >= 11 is 0. The summed E-state index contributed by atoms with van der Waals surface area (Å²) in [5.74, 6) is 0.847. The van der Waals surface area contributed by atoms with Crippen molar-refractivity contribution in [1.29, 1.82) is 0 Å². The van der Waals surface area contributed by atoms with Crippen LogP contribution in [0.5, 0.6) is 5.75 Å². The fourth-order valence-corrected chi connectivity index (χ4v) is 2.31. The smallest absolute Gasteiger partial charge is 0.222 e. The maximum Gasteiger partial charge on any atom is 0.222 e. The van der Waals surface area contributed by atoms with E-state index >= 15 is 0 Å². The minimum atomic E-state index is 0.0275. The predicted octanol–water partition coefficient (Wildman–Crippen LogP) is 1.47. The lowest BCUT2D eigenvalue weighted by atomic mass is 10.1. The van der Waals surface area contributed by atoms with E-state index in [0.29, 0.717) is 25.7 Å². The van der Waals surface area contributed by atoms with Gasteiger partial charge in [-0.1, -0.05) is 12.1 Å². The highest BCUT2D eigenvalue weighted by molar-refractivity contribution is 5.75. The number of carbonyl (C=O) groups is 1. The summed E-state index contributed by atoms with van der Waals surface area (Å²) in [5.41, 5.74) is 1.06. The van der Waals surface area contributed by atoms with E-state index in [2.05, 4.69) is 10.6 Å². The Morgan fingerprint density at radius 1 is 1.29 bits per heavy atom. The third kappa shape index (κ3) is 5.73. The van der Waals surface area contributed by atoms with E-state index in [9.17, 15) is 4.79 Å². The van der Waals surface area contributed by atoms with Crippen molar-refractivity contribution >= 4 is 5.91 Å². The van der Waals surface area contributed by atoms with Crippen molar-refractivity contribution in [2.24, 2.45) is 0 Å². The van der Waals surface area contributed by atoms with Gasteiger partial charge in [-0.05, 0) is 43.6 Å². The second-order valence-corrected chi connectivity index (χ2v) is 5.19. The van der Waals surface area contributed by atoms with E-state index in [0.717, 1.165) is 37.2 Å². The van der Waals surface area contributed by atoms with Gasteiger partial charge in [0.15, 0.2) is 0 Å². The summed E-state index contributed by atoms with van der Waals surface area (Å²) in [6, 6.07) is 7.68. The predicted molar refractivity (Wildman–Crippen MR) is 81.3 cm³/mol. The topological polar surface area (TPSA) is 59.6 Å². The van der Waals surface area contributed by atoms with E-state index in [1.807, 2.05) is 24.3 Å². The lowest BCUT2D eigenvalue weighted by molar-refractivity contribution is -0.122. The third-order valence-electron chi connectivity index (χ3n) is 3.62. The fraction of sp³-hybridized carbons (Fsp3) is 0.562. The fourth-order valence-electron chi connectivity index (χ4n) is 2.31. The van der Waals surface area contributed by atoms with Crippen LogP contribution in [0.15, 0.2) is 24.3 Å². The SMILES string of the molecule is COc1ccc(CNC(=O)CCOC2CCNCC2)cc1. The summed E-state index contributed by atoms with van der Waals surface area (Å²) < 4.78 is 10.8. The maximum absolute atomic E-state index is 11.8. The Balaban J connectivity index is 1.60. The zero-order valence-electron chi connectivity index (χ0n) is 12.6. The molecule has 0 aromatic heterocycles. The Hall–Kier alpha value is -1.59. The first-order valence-electron chi connectivity index (χ1n) is 7.50. The maximum atomic E-state index is 11.8. The largest absolute Gasteiger partial charge is 0.497 e. The molecule has 1 aromatic carbocycles. The number of nitrogens with one attached hydrogen (secondary N) is 2. The van der Waals surface area contributed by atoms with E-state index in [1.54, 1.807) is 7.11 Å². The molecule has 2 rings (SSSR count). The Morgan fingerprint density at radius 2 is 2.00 bits per heavy atom. The minimum Gasteiger partial charge on any atom is -0.497 e. The number of benzene rings is 1. The van der Waals surface area contributed by atoms with Crippen LogP contribution in [-0.2, 0) is 16.1 Å². The van der Waals surface area contributed by atoms with Gasteiger partial charge in [0.05, 0.1) is 19.8 Å². The monoisotopic (exact) mass is 292 g/mol. The summed E-state index contributed by atoms with van der Waals surface area (Å²) in [6.45, 7) is 3.05. The van der Waals surface area contributed by atoms with Crippen LogP contribution in [-0.4, -0.2) is 38.8 Å². The molecule has 1 aromatic rings. The van der Waals surface area contributed by atoms with Crippen molar-refractivity contribution in [2.45, 2.75) is 31.9 Å². The molecule has 116 valence electrons. The molecule has 0 spiro atoms. The number of amides is 1. The van der Waals surface area contributed by atoms with Crippen LogP contribution in [0.4, 0.5) is 0 Å². The highest BCUT2D eigenvalue weighted by atomic mass is 16.5. The first kappa shape index (κ1) is 15.8. The van der Waals surface area contributed by atoms with Gasteiger partial charge in [0, 0.05) is 13.0 Å². The van der Waals surface area contributed by atoms with Crippen LogP contribution in [0.2, 0.25) is 0 Å². The zero-order valence-corrected chi connectivity index (χ0v) is 12.6. The van der Waals surface area contributed by atoms with Crippen LogP contribution >= 0.6 is 0 Å². The molecule has 1 amide bonds. The highest BCUT2D eigenvalue weighted by Crippen LogP contribution is 2.11. The number of hydrogen-bond donors (Lipinski definition) is 2. The summed E-state index contributed by atoms with van der Waals surface area (Å²) in [7, 11) is 1.64. The Morgan fingerprint density at radius 3 is 2.67 bits per heavy atom. The first-order chi connectivity index (χ1) is 10.3. The van der Waals surface area contributed by atoms with Crippen molar-refractivity contribution in [1.82, 2.24) is 10.6 Å². The van der Waals surface area contributed by atoms with Crippen molar-refractivity contribution in [3.05, 3.63) is 29.8 Å². The standard InChI is InChI=1S/C16H24N2O3/c1-20-14-4-2-13(3-5-14)12-18-16(19)8-11-21-15-6-9-17-10-7-15/h2-5,15,17H,6-12H2,1H3,(H,18,19). The lowest BCUT2D eigenvalue weighted by Gasteiger charge is -2.22. The number of carbonyl (C=O) groups excluding carboxylic acids is 1. The molecular formula is C16H24N2O3. The lowest BCUT2D eigenvalue weighted by Crippen LogP contribution is -2.33. The number of ether oxygens (including phenoxy) is 2. The molecular weight excluding hydrogens is 268 g/mol. The Bertz CT molecular complexity index is 428. The Kier molecular flexibility index (Phi) is 6.50. The van der Waals surface area contributed by atoms with Gasteiger partial charge in [-0.2, -0.15) is 0 Å². The van der Waals surface area contributed by atoms with Gasteiger partial charge in [-0.3, -0.25) is 4.79 Å². The van der Waals surface area contributed by atoms with Crippen LogP contribution in [0.25, 0.3) is 0 Å². The molecule has 1 fully saturated rings. The van der Waals surface area contributed by atoms with E-state index in [-0.39, 0.29) is 5.91 Å². The molecule has 1 aliphatic rings.